The Labute approximate surface area is 67.5 Å². The van der Waals surface area contributed by atoms with Crippen molar-refractivity contribution in [3.05, 3.63) is 23.2 Å². The molecule has 0 aliphatic rings. The first kappa shape index (κ1) is 7.63. The van der Waals surface area contributed by atoms with Crippen molar-refractivity contribution in [1.29, 1.82) is 5.26 Å². The molecule has 5 heteroatoms. The van der Waals surface area contributed by atoms with E-state index in [0.717, 1.165) is 0 Å². The summed E-state index contributed by atoms with van der Waals surface area (Å²) < 4.78 is 0. The molecule has 0 atom stereocenters. The second-order valence-electron chi connectivity index (χ2n) is 1.68. The Bertz CT molecular complexity index is 314. The number of ketones is 1. The number of aromatic nitrogens is 2. The van der Waals surface area contributed by atoms with Crippen LogP contribution < -0.4 is 0 Å². The van der Waals surface area contributed by atoms with Gasteiger partial charge in [-0.15, -0.1) is 0 Å². The molecule has 1 heterocycles. The molecule has 0 N–H and O–H groups in total. The molecule has 1 rings (SSSR count). The van der Waals surface area contributed by atoms with E-state index in [4.69, 9.17) is 16.9 Å². The number of halogens is 1. The lowest BCUT2D eigenvalue weighted by molar-refractivity contribution is 0.105. The molecule has 0 radical (unpaired) electrons. The fraction of sp³-hybridized carbons (Fsp3) is 0. The van der Waals surface area contributed by atoms with Crippen LogP contribution in [0.1, 0.15) is 10.4 Å². The summed E-state index contributed by atoms with van der Waals surface area (Å²) in [6.45, 7) is 0. The van der Waals surface area contributed by atoms with Gasteiger partial charge in [-0.05, 0) is 11.6 Å². The minimum Gasteiger partial charge on any atom is -0.277 e. The zero-order valence-electron chi connectivity index (χ0n) is 5.28. The van der Waals surface area contributed by atoms with Crippen LogP contribution in [0.25, 0.3) is 0 Å². The van der Waals surface area contributed by atoms with Crippen molar-refractivity contribution in [2.24, 2.45) is 0 Å². The fourth-order valence-electron chi connectivity index (χ4n) is 0.494. The van der Waals surface area contributed by atoms with Crippen LogP contribution in [-0.2, 0) is 0 Å². The number of rotatable bonds is 1. The molecular weight excluding hydrogens is 166 g/mol. The van der Waals surface area contributed by atoms with Crippen LogP contribution in [0.4, 0.5) is 0 Å². The molecule has 0 saturated heterocycles. The van der Waals surface area contributed by atoms with Crippen LogP contribution in [0.15, 0.2) is 12.4 Å². The molecule has 0 saturated carbocycles. The van der Waals surface area contributed by atoms with Gasteiger partial charge in [0.1, 0.15) is 6.07 Å². The highest BCUT2D eigenvalue weighted by Crippen LogP contribution is 2.00. The quantitative estimate of drug-likeness (QED) is 0.353. The number of carbonyl (C=O) groups is 1. The number of nitrogens with zero attached hydrogens (tertiary/aromatic N) is 3. The van der Waals surface area contributed by atoms with Crippen molar-refractivity contribution in [3.63, 3.8) is 0 Å². The first-order chi connectivity index (χ1) is 5.24. The number of carbonyl (C=O) groups excluding carboxylic acids is 1. The lowest BCUT2D eigenvalue weighted by Gasteiger charge is -1.89. The van der Waals surface area contributed by atoms with Crippen LogP contribution in [-0.4, -0.2) is 15.8 Å². The third kappa shape index (κ3) is 1.72. The van der Waals surface area contributed by atoms with Crippen molar-refractivity contribution < 1.29 is 4.79 Å². The van der Waals surface area contributed by atoms with E-state index in [0.29, 0.717) is 0 Å². The molecule has 0 fully saturated rings. The maximum Gasteiger partial charge on any atom is 0.265 e. The first-order valence-corrected chi connectivity index (χ1v) is 3.04. The summed E-state index contributed by atoms with van der Waals surface area (Å²) in [7, 11) is 0. The smallest absolute Gasteiger partial charge is 0.265 e. The van der Waals surface area contributed by atoms with E-state index in [1.807, 2.05) is 0 Å². The summed E-state index contributed by atoms with van der Waals surface area (Å²) in [4.78, 5) is 17.7. The Morgan fingerprint density at radius 1 is 1.55 bits per heavy atom. The molecular formula is C6H2ClN3O. The molecule has 0 aliphatic carbocycles. The Morgan fingerprint density at radius 2 is 2.09 bits per heavy atom. The van der Waals surface area contributed by atoms with Crippen LogP contribution in [0.2, 0.25) is 5.28 Å². The third-order valence-corrected chi connectivity index (χ3v) is 1.18. The van der Waals surface area contributed by atoms with Gasteiger partial charge < -0.3 is 0 Å². The number of nitriles is 1. The van der Waals surface area contributed by atoms with E-state index in [2.05, 4.69) is 9.97 Å². The number of Topliss-reactive ketones (excluding diaryl/α,β-unsaturated/α-hetero) is 1. The molecule has 0 spiro atoms. The van der Waals surface area contributed by atoms with Gasteiger partial charge in [-0.1, -0.05) is 0 Å². The van der Waals surface area contributed by atoms with E-state index < -0.39 is 5.78 Å². The van der Waals surface area contributed by atoms with Gasteiger partial charge in [0.25, 0.3) is 5.78 Å². The highest BCUT2D eigenvalue weighted by Gasteiger charge is 2.03. The highest BCUT2D eigenvalue weighted by atomic mass is 35.5. The van der Waals surface area contributed by atoms with E-state index in [-0.39, 0.29) is 10.8 Å². The SMILES string of the molecule is N#CC(=O)c1cnc(Cl)nc1. The highest BCUT2D eigenvalue weighted by molar-refractivity contribution is 6.28. The summed E-state index contributed by atoms with van der Waals surface area (Å²) in [5, 5.41) is 8.22. The molecule has 0 aliphatic heterocycles. The topological polar surface area (TPSA) is 66.6 Å². The zero-order chi connectivity index (χ0) is 8.27. The lowest BCUT2D eigenvalue weighted by Crippen LogP contribution is -1.96. The van der Waals surface area contributed by atoms with Gasteiger partial charge in [0.05, 0.1) is 5.56 Å². The largest absolute Gasteiger partial charge is 0.277 e. The first-order valence-electron chi connectivity index (χ1n) is 2.66. The van der Waals surface area contributed by atoms with Gasteiger partial charge in [-0.2, -0.15) is 5.26 Å². The molecule has 11 heavy (non-hydrogen) atoms. The van der Waals surface area contributed by atoms with Gasteiger partial charge in [0.2, 0.25) is 5.28 Å². The average molecular weight is 168 g/mol. The molecule has 0 bridgehead atoms. The average Bonchev–Trinajstić information content (AvgIpc) is 2.05. The van der Waals surface area contributed by atoms with Gasteiger partial charge >= 0.3 is 0 Å². The van der Waals surface area contributed by atoms with Crippen molar-refractivity contribution >= 4 is 17.4 Å². The molecule has 54 valence electrons. The predicted octanol–water partition coefficient (Wildman–Crippen LogP) is 0.836. The van der Waals surface area contributed by atoms with Crippen molar-refractivity contribution in [2.45, 2.75) is 0 Å². The maximum absolute atomic E-state index is 10.6. The second kappa shape index (κ2) is 3.08. The molecule has 0 amide bonds. The van der Waals surface area contributed by atoms with Crippen LogP contribution >= 0.6 is 11.6 Å². The Hall–Kier alpha value is -1.47. The van der Waals surface area contributed by atoms with Crippen LogP contribution in [0.5, 0.6) is 0 Å². The molecule has 1 aromatic heterocycles. The van der Waals surface area contributed by atoms with Crippen molar-refractivity contribution in [3.8, 4) is 6.07 Å². The third-order valence-electron chi connectivity index (χ3n) is 0.984. The van der Waals surface area contributed by atoms with E-state index >= 15 is 0 Å². The number of hydrogen-bond acceptors (Lipinski definition) is 4. The maximum atomic E-state index is 10.6. The summed E-state index contributed by atoms with van der Waals surface area (Å²) in [6, 6.07) is 1.44. The normalized spacial score (nSPS) is 8.73. The van der Waals surface area contributed by atoms with E-state index in [1.165, 1.54) is 18.5 Å². The van der Waals surface area contributed by atoms with Gasteiger partial charge in [0, 0.05) is 12.4 Å². The second-order valence-corrected chi connectivity index (χ2v) is 2.02. The van der Waals surface area contributed by atoms with Gasteiger partial charge in [-0.25, -0.2) is 9.97 Å². The molecule has 0 aromatic carbocycles. The predicted molar refractivity (Wildman–Crippen MR) is 37.0 cm³/mol. The Morgan fingerprint density at radius 3 is 2.55 bits per heavy atom. The zero-order valence-corrected chi connectivity index (χ0v) is 6.04. The molecule has 1 aromatic rings. The Kier molecular flexibility index (Phi) is 2.14. The standard InChI is InChI=1S/C6H2ClN3O/c7-6-9-2-4(3-10-6)5(11)1-8/h2-3H. The minimum atomic E-state index is -0.665. The van der Waals surface area contributed by atoms with E-state index in [9.17, 15) is 4.79 Å². The lowest BCUT2D eigenvalue weighted by atomic mass is 10.2. The van der Waals surface area contributed by atoms with E-state index in [1.54, 1.807) is 0 Å². The summed E-state index contributed by atoms with van der Waals surface area (Å²) in [6.07, 6.45) is 2.42. The monoisotopic (exact) mass is 167 g/mol. The van der Waals surface area contributed by atoms with Crippen LogP contribution in [0, 0.1) is 11.3 Å². The minimum absolute atomic E-state index is 0.0551. The summed E-state index contributed by atoms with van der Waals surface area (Å²) in [5.41, 5.74) is 0.150. The Balaban J connectivity index is 3.01. The van der Waals surface area contributed by atoms with Crippen molar-refractivity contribution in [1.82, 2.24) is 9.97 Å². The molecule has 4 nitrogen and oxygen atoms in total. The number of hydrogen-bond donors (Lipinski definition) is 0. The summed E-state index contributed by atoms with van der Waals surface area (Å²) >= 11 is 5.34. The molecule has 0 unspecified atom stereocenters. The summed E-state index contributed by atoms with van der Waals surface area (Å²) in [5.74, 6) is -0.665. The van der Waals surface area contributed by atoms with Crippen molar-refractivity contribution in [2.75, 3.05) is 0 Å². The van der Waals surface area contributed by atoms with Gasteiger partial charge in [0.15, 0.2) is 0 Å². The fourth-order valence-corrected chi connectivity index (χ4v) is 0.592. The van der Waals surface area contributed by atoms with Crippen LogP contribution in [0.3, 0.4) is 0 Å². The van der Waals surface area contributed by atoms with Gasteiger partial charge in [-0.3, -0.25) is 4.79 Å².